The number of carbonyl (C=O) groups excluding carboxylic acids is 3. The molecule has 0 aliphatic heterocycles. The average molecular weight is 343 g/mol. The lowest BCUT2D eigenvalue weighted by atomic mass is 9.88. The highest BCUT2D eigenvalue weighted by Gasteiger charge is 2.42. The Hall–Kier alpha value is -2.63. The highest BCUT2D eigenvalue weighted by molar-refractivity contribution is 6.03. The minimum absolute atomic E-state index is 0.0633. The van der Waals surface area contributed by atoms with E-state index in [0.717, 1.165) is 16.5 Å². The number of hydrogen-bond donors (Lipinski definition) is 0. The minimum atomic E-state index is -0.745. The molecule has 2 aromatic rings. The van der Waals surface area contributed by atoms with Crippen LogP contribution in [0, 0.1) is 5.92 Å². The van der Waals surface area contributed by atoms with Crippen LogP contribution < -0.4 is 0 Å². The van der Waals surface area contributed by atoms with Crippen molar-refractivity contribution >= 4 is 28.6 Å². The van der Waals surface area contributed by atoms with Crippen molar-refractivity contribution in [3.63, 3.8) is 0 Å². The number of aromatic nitrogens is 1. The number of benzene rings is 1. The molecular formula is C19H21NO5. The summed E-state index contributed by atoms with van der Waals surface area (Å²) in [7, 11) is 3.22. The second kappa shape index (κ2) is 6.70. The molecule has 1 aliphatic carbocycles. The molecule has 1 saturated carbocycles. The summed E-state index contributed by atoms with van der Waals surface area (Å²) in [5, 5.41) is 0.934. The molecule has 0 radical (unpaired) electrons. The number of ketones is 1. The zero-order chi connectivity index (χ0) is 18.1. The predicted octanol–water partition coefficient (Wildman–Crippen LogP) is 2.59. The normalized spacial score (nSPS) is 20.0. The van der Waals surface area contributed by atoms with Crippen molar-refractivity contribution in [2.75, 3.05) is 13.7 Å². The van der Waals surface area contributed by atoms with E-state index in [1.54, 1.807) is 19.1 Å². The topological polar surface area (TPSA) is 74.6 Å². The molecule has 6 nitrogen and oxygen atoms in total. The molecule has 1 fully saturated rings. The number of rotatable bonds is 4. The van der Waals surface area contributed by atoms with Gasteiger partial charge < -0.3 is 14.0 Å². The Balaban J connectivity index is 2.05. The average Bonchev–Trinajstić information content (AvgIpc) is 3.14. The highest BCUT2D eigenvalue weighted by Crippen LogP contribution is 2.41. The molecule has 0 unspecified atom stereocenters. The monoisotopic (exact) mass is 343 g/mol. The van der Waals surface area contributed by atoms with Gasteiger partial charge in [0.15, 0.2) is 0 Å². The third-order valence-electron chi connectivity index (χ3n) is 4.83. The Morgan fingerprint density at radius 1 is 1.32 bits per heavy atom. The van der Waals surface area contributed by atoms with Gasteiger partial charge in [0.2, 0.25) is 0 Å². The number of hydrogen-bond acceptors (Lipinski definition) is 5. The maximum Gasteiger partial charge on any atom is 0.337 e. The summed E-state index contributed by atoms with van der Waals surface area (Å²) < 4.78 is 11.8. The van der Waals surface area contributed by atoms with Crippen LogP contribution in [0.5, 0.6) is 0 Å². The van der Waals surface area contributed by atoms with Crippen molar-refractivity contribution in [1.29, 1.82) is 0 Å². The van der Waals surface area contributed by atoms with Gasteiger partial charge in [-0.05, 0) is 31.0 Å². The van der Waals surface area contributed by atoms with E-state index in [-0.39, 0.29) is 18.3 Å². The summed E-state index contributed by atoms with van der Waals surface area (Å²) in [5.74, 6) is -1.85. The van der Waals surface area contributed by atoms with E-state index in [1.165, 1.54) is 7.11 Å². The van der Waals surface area contributed by atoms with Gasteiger partial charge in [0, 0.05) is 36.5 Å². The zero-order valence-electron chi connectivity index (χ0n) is 14.6. The van der Waals surface area contributed by atoms with Gasteiger partial charge in [-0.2, -0.15) is 0 Å². The number of ether oxygens (including phenoxy) is 2. The summed E-state index contributed by atoms with van der Waals surface area (Å²) in [4.78, 5) is 36.2. The lowest BCUT2D eigenvalue weighted by Crippen LogP contribution is -2.26. The van der Waals surface area contributed by atoms with Crippen LogP contribution in [0.15, 0.2) is 24.4 Å². The molecule has 2 atom stereocenters. The van der Waals surface area contributed by atoms with E-state index in [2.05, 4.69) is 0 Å². The summed E-state index contributed by atoms with van der Waals surface area (Å²) in [6.45, 7) is 1.99. The molecule has 0 bridgehead atoms. The molecule has 25 heavy (non-hydrogen) atoms. The van der Waals surface area contributed by atoms with Crippen molar-refractivity contribution in [2.45, 2.75) is 25.7 Å². The Morgan fingerprint density at radius 3 is 2.76 bits per heavy atom. The van der Waals surface area contributed by atoms with Gasteiger partial charge in [0.1, 0.15) is 11.7 Å². The summed E-state index contributed by atoms with van der Waals surface area (Å²) >= 11 is 0. The van der Waals surface area contributed by atoms with Crippen molar-refractivity contribution in [3.8, 4) is 0 Å². The van der Waals surface area contributed by atoms with Crippen LogP contribution in [0.1, 0.15) is 41.6 Å². The van der Waals surface area contributed by atoms with Gasteiger partial charge in [-0.3, -0.25) is 9.59 Å². The number of esters is 2. The maximum atomic E-state index is 12.3. The SMILES string of the molecule is CCOC(=O)[C@H]1C(=O)CC[C@@H]1c1cn(C)c2cc(C(=O)OC)ccc12. The van der Waals surface area contributed by atoms with Gasteiger partial charge in [0.25, 0.3) is 0 Å². The van der Waals surface area contributed by atoms with E-state index in [1.807, 2.05) is 23.9 Å². The molecule has 132 valence electrons. The number of Topliss-reactive ketones (excluding diaryl/α,β-unsaturated/α-hetero) is 1. The molecule has 0 amide bonds. The maximum absolute atomic E-state index is 12.3. The summed E-state index contributed by atoms with van der Waals surface area (Å²) in [5.41, 5.74) is 2.27. The Labute approximate surface area is 145 Å². The van der Waals surface area contributed by atoms with Gasteiger partial charge >= 0.3 is 11.9 Å². The predicted molar refractivity (Wildman–Crippen MR) is 91.4 cm³/mol. The van der Waals surface area contributed by atoms with Crippen molar-refractivity contribution in [3.05, 3.63) is 35.5 Å². The molecule has 0 spiro atoms. The minimum Gasteiger partial charge on any atom is -0.465 e. The molecule has 1 heterocycles. The molecule has 1 aromatic heterocycles. The van der Waals surface area contributed by atoms with Crippen molar-refractivity contribution in [2.24, 2.45) is 13.0 Å². The third-order valence-corrected chi connectivity index (χ3v) is 4.83. The fourth-order valence-corrected chi connectivity index (χ4v) is 3.66. The first-order chi connectivity index (χ1) is 12.0. The van der Waals surface area contributed by atoms with Crippen LogP contribution in [-0.4, -0.2) is 36.0 Å². The highest BCUT2D eigenvalue weighted by atomic mass is 16.5. The third kappa shape index (κ3) is 2.92. The second-order valence-corrected chi connectivity index (χ2v) is 6.26. The fourth-order valence-electron chi connectivity index (χ4n) is 3.66. The number of carbonyl (C=O) groups is 3. The van der Waals surface area contributed by atoms with Gasteiger partial charge in [0.05, 0.1) is 19.3 Å². The lowest BCUT2D eigenvalue weighted by Gasteiger charge is -2.16. The summed E-state index contributed by atoms with van der Waals surface area (Å²) in [6.07, 6.45) is 2.94. The lowest BCUT2D eigenvalue weighted by molar-refractivity contribution is -0.151. The number of methoxy groups -OCH3 is 1. The van der Waals surface area contributed by atoms with Crippen LogP contribution in [0.25, 0.3) is 10.9 Å². The second-order valence-electron chi connectivity index (χ2n) is 6.26. The van der Waals surface area contributed by atoms with Gasteiger partial charge in [-0.25, -0.2) is 4.79 Å². The largest absolute Gasteiger partial charge is 0.465 e. The van der Waals surface area contributed by atoms with E-state index in [9.17, 15) is 14.4 Å². The van der Waals surface area contributed by atoms with E-state index in [4.69, 9.17) is 9.47 Å². The van der Waals surface area contributed by atoms with Crippen LogP contribution in [0.4, 0.5) is 0 Å². The van der Waals surface area contributed by atoms with E-state index < -0.39 is 17.9 Å². The molecule has 0 N–H and O–H groups in total. The van der Waals surface area contributed by atoms with Gasteiger partial charge in [-0.15, -0.1) is 0 Å². The van der Waals surface area contributed by atoms with Crippen LogP contribution in [0.2, 0.25) is 0 Å². The molecule has 1 aromatic carbocycles. The first-order valence-electron chi connectivity index (χ1n) is 8.34. The quantitative estimate of drug-likeness (QED) is 0.630. The molecule has 3 rings (SSSR count). The number of fused-ring (bicyclic) bond motifs is 1. The Morgan fingerprint density at radius 2 is 2.08 bits per heavy atom. The number of aryl methyl sites for hydroxylation is 1. The summed E-state index contributed by atoms with van der Waals surface area (Å²) in [6, 6.07) is 5.32. The van der Waals surface area contributed by atoms with Crippen molar-refractivity contribution < 1.29 is 23.9 Å². The number of nitrogens with zero attached hydrogens (tertiary/aromatic N) is 1. The molecule has 0 saturated heterocycles. The van der Waals surface area contributed by atoms with Crippen molar-refractivity contribution in [1.82, 2.24) is 4.57 Å². The smallest absolute Gasteiger partial charge is 0.337 e. The fraction of sp³-hybridized carbons (Fsp3) is 0.421. The Bertz CT molecular complexity index is 851. The van der Waals surface area contributed by atoms with Gasteiger partial charge in [-0.1, -0.05) is 6.07 Å². The van der Waals surface area contributed by atoms with Crippen LogP contribution >= 0.6 is 0 Å². The molecular weight excluding hydrogens is 322 g/mol. The Kier molecular flexibility index (Phi) is 4.61. The van der Waals surface area contributed by atoms with E-state index >= 15 is 0 Å². The standard InChI is InChI=1S/C19H21NO5/c1-4-25-19(23)17-13(7-8-16(17)21)14-10-20(2)15-9-11(18(22)24-3)5-6-12(14)15/h5-6,9-10,13,17H,4,7-8H2,1-3H3/t13-,17-/m1/s1. The van der Waals surface area contributed by atoms with E-state index in [0.29, 0.717) is 18.4 Å². The first-order valence-corrected chi connectivity index (χ1v) is 8.34. The van der Waals surface area contributed by atoms with Crippen LogP contribution in [-0.2, 0) is 26.1 Å². The van der Waals surface area contributed by atoms with Crippen LogP contribution in [0.3, 0.4) is 0 Å². The zero-order valence-corrected chi connectivity index (χ0v) is 14.6. The first kappa shape index (κ1) is 17.2. The molecule has 6 heteroatoms. The molecule has 1 aliphatic rings.